The van der Waals surface area contributed by atoms with Crippen molar-refractivity contribution < 1.29 is 0 Å². The summed E-state index contributed by atoms with van der Waals surface area (Å²) in [7, 11) is 0. The van der Waals surface area contributed by atoms with Gasteiger partial charge in [-0.05, 0) is 13.5 Å². The van der Waals surface area contributed by atoms with E-state index in [1.54, 1.807) is 11.3 Å². The second kappa shape index (κ2) is 7.20. The molecular weight excluding hydrogens is 220 g/mol. The third kappa shape index (κ3) is 4.17. The summed E-state index contributed by atoms with van der Waals surface area (Å²) in [6.07, 6.45) is 2.50. The van der Waals surface area contributed by atoms with Gasteiger partial charge in [0.2, 0.25) is 0 Å². The van der Waals surface area contributed by atoms with Gasteiger partial charge in [-0.15, -0.1) is 11.3 Å². The van der Waals surface area contributed by atoms with Gasteiger partial charge in [0.15, 0.2) is 5.13 Å². The highest BCUT2D eigenvalue weighted by atomic mass is 32.1. The molecule has 5 heteroatoms. The van der Waals surface area contributed by atoms with Gasteiger partial charge in [-0.25, -0.2) is 4.98 Å². The molecule has 1 heterocycles. The second-order valence-corrected chi connectivity index (χ2v) is 4.55. The minimum absolute atomic E-state index is 0.590. The lowest BCUT2D eigenvalue weighted by atomic mass is 10.4. The molecule has 0 bridgehead atoms. The molecule has 1 rings (SSSR count). The van der Waals surface area contributed by atoms with Gasteiger partial charge in [0.25, 0.3) is 0 Å². The van der Waals surface area contributed by atoms with Gasteiger partial charge in [0.1, 0.15) is 0 Å². The smallest absolute Gasteiger partial charge is 0.182 e. The summed E-state index contributed by atoms with van der Waals surface area (Å²) in [5.41, 5.74) is 0. The van der Waals surface area contributed by atoms with E-state index in [-0.39, 0.29) is 0 Å². The molecule has 0 aliphatic carbocycles. The quantitative estimate of drug-likeness (QED) is 0.792. The van der Waals surface area contributed by atoms with E-state index in [0.29, 0.717) is 6.42 Å². The van der Waals surface area contributed by atoms with E-state index in [4.69, 9.17) is 5.26 Å². The Kier molecular flexibility index (Phi) is 5.83. The van der Waals surface area contributed by atoms with E-state index in [1.165, 1.54) is 4.88 Å². The average molecular weight is 238 g/mol. The predicted molar refractivity (Wildman–Crippen MR) is 67.5 cm³/mol. The normalized spacial score (nSPS) is 10.4. The monoisotopic (exact) mass is 238 g/mol. The van der Waals surface area contributed by atoms with Crippen LogP contribution in [0.25, 0.3) is 0 Å². The van der Waals surface area contributed by atoms with Gasteiger partial charge in [0.05, 0.1) is 6.07 Å². The second-order valence-electron chi connectivity index (χ2n) is 3.44. The first-order chi connectivity index (χ1) is 7.80. The van der Waals surface area contributed by atoms with Crippen LogP contribution < -0.4 is 5.32 Å². The lowest BCUT2D eigenvalue weighted by molar-refractivity contribution is 0.289. The van der Waals surface area contributed by atoms with Crippen LogP contribution in [0.5, 0.6) is 0 Å². The van der Waals surface area contributed by atoms with Crippen molar-refractivity contribution in [2.75, 3.05) is 25.0 Å². The molecule has 0 unspecified atom stereocenters. The van der Waals surface area contributed by atoms with Crippen LogP contribution in [0, 0.1) is 11.3 Å². The molecule has 0 spiro atoms. The van der Waals surface area contributed by atoms with Gasteiger partial charge < -0.3 is 5.32 Å². The molecule has 1 aromatic heterocycles. The molecule has 0 atom stereocenters. The van der Waals surface area contributed by atoms with Crippen molar-refractivity contribution in [3.63, 3.8) is 0 Å². The van der Waals surface area contributed by atoms with E-state index in [0.717, 1.165) is 31.3 Å². The third-order valence-electron chi connectivity index (χ3n) is 2.25. The minimum atomic E-state index is 0.590. The lowest BCUT2D eigenvalue weighted by Gasteiger charge is -2.17. The highest BCUT2D eigenvalue weighted by Gasteiger charge is 2.06. The van der Waals surface area contributed by atoms with Crippen LogP contribution in [-0.4, -0.2) is 29.5 Å². The minimum Gasteiger partial charge on any atom is -0.362 e. The van der Waals surface area contributed by atoms with Crippen LogP contribution in [0.2, 0.25) is 0 Å². The van der Waals surface area contributed by atoms with Crippen LogP contribution in [-0.2, 0) is 6.54 Å². The van der Waals surface area contributed by atoms with Crippen molar-refractivity contribution >= 4 is 16.5 Å². The van der Waals surface area contributed by atoms with Crippen LogP contribution in [0.4, 0.5) is 5.13 Å². The summed E-state index contributed by atoms with van der Waals surface area (Å²) in [5, 5.41) is 12.7. The van der Waals surface area contributed by atoms with Crippen molar-refractivity contribution in [2.45, 2.75) is 26.8 Å². The van der Waals surface area contributed by atoms with E-state index in [2.05, 4.69) is 35.1 Å². The number of rotatable bonds is 7. The van der Waals surface area contributed by atoms with Crippen molar-refractivity contribution in [3.8, 4) is 6.07 Å². The highest BCUT2D eigenvalue weighted by Crippen LogP contribution is 2.19. The summed E-state index contributed by atoms with van der Waals surface area (Å²) in [5.74, 6) is 0. The molecule has 0 amide bonds. The van der Waals surface area contributed by atoms with Crippen LogP contribution in [0.3, 0.4) is 0 Å². The topological polar surface area (TPSA) is 52.0 Å². The summed E-state index contributed by atoms with van der Waals surface area (Å²) in [6.45, 7) is 7.77. The fourth-order valence-electron chi connectivity index (χ4n) is 1.39. The molecule has 0 aromatic carbocycles. The number of aromatic nitrogens is 1. The Morgan fingerprint density at radius 1 is 1.56 bits per heavy atom. The van der Waals surface area contributed by atoms with Crippen LogP contribution in [0.15, 0.2) is 6.20 Å². The number of nitrogens with one attached hydrogen (secondary N) is 1. The first-order valence-electron chi connectivity index (χ1n) is 5.58. The molecule has 0 fully saturated rings. The fraction of sp³-hybridized carbons (Fsp3) is 0.636. The van der Waals surface area contributed by atoms with Gasteiger partial charge in [-0.2, -0.15) is 5.26 Å². The maximum atomic E-state index is 8.55. The Hall–Kier alpha value is -1.12. The van der Waals surface area contributed by atoms with Gasteiger partial charge in [0, 0.05) is 37.1 Å². The van der Waals surface area contributed by atoms with Crippen molar-refractivity contribution in [2.24, 2.45) is 0 Å². The first-order valence-corrected chi connectivity index (χ1v) is 6.39. The van der Waals surface area contributed by atoms with E-state index < -0.39 is 0 Å². The zero-order valence-corrected chi connectivity index (χ0v) is 10.7. The standard InChI is InChI=1S/C11H18N4S/c1-3-13-11-14-8-10(16-11)9-15(4-2)7-5-6-12/h8H,3-5,7,9H2,1-2H3,(H,13,14). The van der Waals surface area contributed by atoms with Crippen molar-refractivity contribution in [3.05, 3.63) is 11.1 Å². The van der Waals surface area contributed by atoms with Crippen LogP contribution >= 0.6 is 11.3 Å². The molecule has 0 saturated heterocycles. The fourth-order valence-corrected chi connectivity index (χ4v) is 2.31. The SMILES string of the molecule is CCNc1ncc(CN(CC)CCC#N)s1. The maximum absolute atomic E-state index is 8.55. The Labute approximate surface area is 101 Å². The Morgan fingerprint density at radius 3 is 3.00 bits per heavy atom. The van der Waals surface area contributed by atoms with Gasteiger partial charge in [-0.1, -0.05) is 6.92 Å². The maximum Gasteiger partial charge on any atom is 0.182 e. The highest BCUT2D eigenvalue weighted by molar-refractivity contribution is 7.15. The lowest BCUT2D eigenvalue weighted by Crippen LogP contribution is -2.23. The molecule has 1 N–H and O–H groups in total. The largest absolute Gasteiger partial charge is 0.362 e. The summed E-state index contributed by atoms with van der Waals surface area (Å²) < 4.78 is 0. The predicted octanol–water partition coefficient (Wildman–Crippen LogP) is 2.31. The molecule has 0 aliphatic rings. The molecule has 0 saturated carbocycles. The van der Waals surface area contributed by atoms with E-state index in [1.807, 2.05) is 6.20 Å². The first kappa shape index (κ1) is 12.9. The van der Waals surface area contributed by atoms with E-state index >= 15 is 0 Å². The number of anilines is 1. The molecular formula is C11H18N4S. The van der Waals surface area contributed by atoms with Crippen molar-refractivity contribution in [1.82, 2.24) is 9.88 Å². The zero-order chi connectivity index (χ0) is 11.8. The molecule has 0 aliphatic heterocycles. The van der Waals surface area contributed by atoms with Gasteiger partial charge >= 0.3 is 0 Å². The third-order valence-corrected chi connectivity index (χ3v) is 3.19. The van der Waals surface area contributed by atoms with Gasteiger partial charge in [-0.3, -0.25) is 4.90 Å². The van der Waals surface area contributed by atoms with Crippen molar-refractivity contribution in [1.29, 1.82) is 5.26 Å². The Balaban J connectivity index is 2.46. The summed E-state index contributed by atoms with van der Waals surface area (Å²) in [4.78, 5) is 7.79. The average Bonchev–Trinajstić information content (AvgIpc) is 2.72. The molecule has 4 nitrogen and oxygen atoms in total. The summed E-state index contributed by atoms with van der Waals surface area (Å²) >= 11 is 1.69. The number of nitriles is 1. The number of hydrogen-bond acceptors (Lipinski definition) is 5. The van der Waals surface area contributed by atoms with Crippen LogP contribution in [0.1, 0.15) is 25.1 Å². The molecule has 1 aromatic rings. The Bertz CT molecular complexity index is 342. The van der Waals surface area contributed by atoms with E-state index in [9.17, 15) is 0 Å². The Morgan fingerprint density at radius 2 is 2.38 bits per heavy atom. The molecule has 88 valence electrons. The zero-order valence-electron chi connectivity index (χ0n) is 9.86. The molecule has 0 radical (unpaired) electrons. The number of nitrogens with zero attached hydrogens (tertiary/aromatic N) is 3. The number of thiazole rings is 1. The molecule has 16 heavy (non-hydrogen) atoms. The number of hydrogen-bond donors (Lipinski definition) is 1. The summed E-state index contributed by atoms with van der Waals surface area (Å²) in [6, 6.07) is 2.18.